The molecule has 6 heterocycles. The fourth-order valence-corrected chi connectivity index (χ4v) is 8.43. The summed E-state index contributed by atoms with van der Waals surface area (Å²) >= 11 is 9.20. The number of piperidine rings is 2. The minimum Gasteiger partial charge on any atom is -0.336 e. The molecule has 2 fully saturated rings. The fraction of sp³-hybridized carbons (Fsp3) is 0.421. The van der Waals surface area contributed by atoms with Crippen LogP contribution in [0.3, 0.4) is 0 Å². The van der Waals surface area contributed by atoms with Crippen LogP contribution in [0.25, 0.3) is 5.65 Å². The molecule has 3 aliphatic heterocycles. The zero-order valence-electron chi connectivity index (χ0n) is 30.6. The summed E-state index contributed by atoms with van der Waals surface area (Å²) in [5, 5.41) is 15.9. The molecule has 3 aromatic heterocycles. The number of carbonyl (C=O) groups is 2. The van der Waals surface area contributed by atoms with E-state index < -0.39 is 23.5 Å². The van der Waals surface area contributed by atoms with Crippen LogP contribution in [-0.4, -0.2) is 95.6 Å². The molecule has 0 aliphatic carbocycles. The lowest BCUT2D eigenvalue weighted by molar-refractivity contribution is -0.139. The van der Waals surface area contributed by atoms with Crippen molar-refractivity contribution < 1.29 is 35.9 Å². The van der Waals surface area contributed by atoms with Crippen LogP contribution in [0.1, 0.15) is 86.8 Å². The molecule has 0 atom stereocenters. The summed E-state index contributed by atoms with van der Waals surface area (Å²) in [7, 11) is 1.97. The number of nitrogens with zero attached hydrogens (tertiary/aromatic N) is 9. The summed E-state index contributed by atoms with van der Waals surface area (Å²) in [6.45, 7) is 2.92. The Morgan fingerprint density at radius 3 is 1.96 bits per heavy atom. The Bertz CT molecular complexity index is 2260. The van der Waals surface area contributed by atoms with E-state index in [0.29, 0.717) is 75.6 Å². The van der Waals surface area contributed by atoms with Crippen molar-refractivity contribution >= 4 is 45.0 Å². The lowest BCUT2D eigenvalue weighted by atomic mass is 9.86. The van der Waals surface area contributed by atoms with E-state index in [0.717, 1.165) is 29.3 Å². The van der Waals surface area contributed by atoms with Crippen molar-refractivity contribution in [3.05, 3.63) is 110 Å². The number of pyridine rings is 1. The Hall–Kier alpha value is -4.55. The first-order chi connectivity index (χ1) is 27.1. The largest absolute Gasteiger partial charge is 0.418 e. The number of amides is 2. The number of likely N-dealkylation sites (tertiary alicyclic amines) is 2. The molecule has 0 spiro atoms. The second-order valence-corrected chi connectivity index (χ2v) is 15.7. The summed E-state index contributed by atoms with van der Waals surface area (Å²) in [4.78, 5) is 31.2. The Labute approximate surface area is 336 Å². The molecule has 57 heavy (non-hydrogen) atoms. The van der Waals surface area contributed by atoms with E-state index in [4.69, 9.17) is 11.6 Å². The van der Waals surface area contributed by atoms with Gasteiger partial charge in [0.2, 0.25) is 11.6 Å². The van der Waals surface area contributed by atoms with Crippen molar-refractivity contribution in [3.63, 3.8) is 0 Å². The Morgan fingerprint density at radius 2 is 1.32 bits per heavy atom. The van der Waals surface area contributed by atoms with Crippen molar-refractivity contribution in [3.8, 4) is 0 Å². The van der Waals surface area contributed by atoms with E-state index in [1.54, 1.807) is 44.7 Å². The standard InChI is InChI=1S/C19H15BrClF3N4O.C19H22F3N5O/c20-12-4-5-15-25-26-17(28(15)10-12)18(29)27-8-6-11(7-9-27)13-2-1-3-14(21)16(13)19(22,23)24;1-25-9-8-16-23-24-17(27(16)12-25)18(28)26-10-6-13(7-11-26)14-4-2-3-5-15(14)19(20,21)22/h1-5,10-11H,6-9H2;2-5,13H,6-12H2,1H3. The quantitative estimate of drug-likeness (QED) is 0.169. The first-order valence-electron chi connectivity index (χ1n) is 18.3. The lowest BCUT2D eigenvalue weighted by Crippen LogP contribution is -2.41. The summed E-state index contributed by atoms with van der Waals surface area (Å²) in [6.07, 6.45) is -4.61. The molecule has 2 amide bonds. The van der Waals surface area contributed by atoms with Gasteiger partial charge >= 0.3 is 12.4 Å². The van der Waals surface area contributed by atoms with Crippen molar-refractivity contribution in [2.24, 2.45) is 0 Å². The smallest absolute Gasteiger partial charge is 0.336 e. The van der Waals surface area contributed by atoms with Crippen molar-refractivity contribution in [1.29, 1.82) is 0 Å². The fourth-order valence-electron chi connectivity index (χ4n) is 7.80. The molecule has 11 nitrogen and oxygen atoms in total. The number of aromatic nitrogens is 6. The van der Waals surface area contributed by atoms with Crippen LogP contribution < -0.4 is 0 Å². The van der Waals surface area contributed by atoms with E-state index in [2.05, 4.69) is 41.2 Å². The molecule has 5 aromatic rings. The van der Waals surface area contributed by atoms with Gasteiger partial charge in [-0.3, -0.25) is 23.5 Å². The number of benzene rings is 2. The molecule has 0 N–H and O–H groups in total. The monoisotopic (exact) mass is 879 g/mol. The van der Waals surface area contributed by atoms with Gasteiger partial charge < -0.3 is 9.80 Å². The number of fused-ring (bicyclic) bond motifs is 2. The van der Waals surface area contributed by atoms with Gasteiger partial charge in [0.25, 0.3) is 11.8 Å². The maximum absolute atomic E-state index is 13.5. The van der Waals surface area contributed by atoms with Crippen LogP contribution >= 0.6 is 27.5 Å². The van der Waals surface area contributed by atoms with Crippen LogP contribution in [0, 0.1) is 0 Å². The molecule has 0 unspecified atom stereocenters. The summed E-state index contributed by atoms with van der Waals surface area (Å²) < 4.78 is 84.5. The average Bonchev–Trinajstić information content (AvgIpc) is 3.80. The van der Waals surface area contributed by atoms with Gasteiger partial charge in [0, 0.05) is 49.8 Å². The van der Waals surface area contributed by atoms with Gasteiger partial charge in [0.1, 0.15) is 5.82 Å². The molecule has 2 aromatic carbocycles. The van der Waals surface area contributed by atoms with Gasteiger partial charge in [-0.1, -0.05) is 41.9 Å². The molecular weight excluding hydrogens is 844 g/mol. The highest BCUT2D eigenvalue weighted by atomic mass is 79.9. The first-order valence-corrected chi connectivity index (χ1v) is 19.5. The number of likely N-dealkylation sites (N-methyl/N-ethyl adjacent to an activating group) is 1. The van der Waals surface area contributed by atoms with Gasteiger partial charge in [-0.15, -0.1) is 20.4 Å². The zero-order valence-corrected chi connectivity index (χ0v) is 32.9. The SMILES string of the molecule is CN1CCc2nnc(C(=O)N3CCC(c4ccccc4C(F)(F)F)CC3)n2C1.O=C(c1nnc2ccc(Br)cn12)N1CCC(c2cccc(Cl)c2C(F)(F)F)CC1. The van der Waals surface area contributed by atoms with E-state index in [9.17, 15) is 35.9 Å². The summed E-state index contributed by atoms with van der Waals surface area (Å²) in [5.41, 5.74) is -0.299. The molecule has 3 aliphatic rings. The van der Waals surface area contributed by atoms with Gasteiger partial charge in [0.15, 0.2) is 5.65 Å². The summed E-state index contributed by atoms with van der Waals surface area (Å²) in [6, 6.07) is 13.5. The molecule has 8 rings (SSSR count). The second-order valence-electron chi connectivity index (χ2n) is 14.4. The van der Waals surface area contributed by atoms with Crippen molar-refractivity contribution in [2.45, 2.75) is 63.0 Å². The molecule has 0 saturated carbocycles. The third kappa shape index (κ3) is 8.67. The molecule has 0 radical (unpaired) electrons. The Kier molecular flexibility index (Phi) is 11.7. The van der Waals surface area contributed by atoms with E-state index in [1.165, 1.54) is 24.3 Å². The number of hydrogen-bond donors (Lipinski definition) is 0. The van der Waals surface area contributed by atoms with Crippen LogP contribution in [-0.2, 0) is 25.4 Å². The van der Waals surface area contributed by atoms with Gasteiger partial charge in [-0.2, -0.15) is 26.3 Å². The Balaban J connectivity index is 0.000000174. The number of hydrogen-bond acceptors (Lipinski definition) is 7. The highest BCUT2D eigenvalue weighted by Gasteiger charge is 2.39. The van der Waals surface area contributed by atoms with Crippen molar-refractivity contribution in [2.75, 3.05) is 39.8 Å². The van der Waals surface area contributed by atoms with Crippen molar-refractivity contribution in [1.82, 2.24) is 44.1 Å². The van der Waals surface area contributed by atoms with E-state index in [-0.39, 0.29) is 40.1 Å². The third-order valence-corrected chi connectivity index (χ3v) is 11.5. The number of rotatable bonds is 4. The van der Waals surface area contributed by atoms with Gasteiger partial charge in [-0.25, -0.2) is 0 Å². The molecule has 0 bridgehead atoms. The molecule has 2 saturated heterocycles. The van der Waals surface area contributed by atoms with Gasteiger partial charge in [-0.05, 0) is 95.9 Å². The second kappa shape index (κ2) is 16.4. The number of carbonyl (C=O) groups excluding carboxylic acids is 2. The number of halogens is 8. The molecule has 19 heteroatoms. The maximum Gasteiger partial charge on any atom is 0.418 e. The summed E-state index contributed by atoms with van der Waals surface area (Å²) in [5.74, 6) is 0.274. The minimum atomic E-state index is -4.52. The predicted octanol–water partition coefficient (Wildman–Crippen LogP) is 7.95. The van der Waals surface area contributed by atoms with Crippen LogP contribution in [0.15, 0.2) is 65.3 Å². The third-order valence-electron chi connectivity index (χ3n) is 10.7. The van der Waals surface area contributed by atoms with E-state index >= 15 is 0 Å². The topological polar surface area (TPSA) is 105 Å². The number of alkyl halides is 6. The van der Waals surface area contributed by atoms with E-state index in [1.807, 2.05) is 11.6 Å². The zero-order chi connectivity index (χ0) is 40.6. The highest BCUT2D eigenvalue weighted by Crippen LogP contribution is 2.43. The average molecular weight is 881 g/mol. The lowest BCUT2D eigenvalue weighted by Gasteiger charge is -2.33. The van der Waals surface area contributed by atoms with Crippen LogP contribution in [0.5, 0.6) is 0 Å². The minimum absolute atomic E-state index is 0.179. The van der Waals surface area contributed by atoms with Gasteiger partial charge in [0.05, 0.1) is 22.8 Å². The Morgan fingerprint density at radius 1 is 0.719 bits per heavy atom. The highest BCUT2D eigenvalue weighted by molar-refractivity contribution is 9.10. The van der Waals surface area contributed by atoms with Crippen LogP contribution in [0.2, 0.25) is 5.02 Å². The van der Waals surface area contributed by atoms with Crippen LogP contribution in [0.4, 0.5) is 26.3 Å². The normalized spacial score (nSPS) is 17.4. The molecule has 302 valence electrons. The first kappa shape index (κ1) is 40.6. The predicted molar refractivity (Wildman–Crippen MR) is 201 cm³/mol. The molecular formula is C38H37BrClF6N9O2. The maximum atomic E-state index is 13.5.